The van der Waals surface area contributed by atoms with Crippen molar-refractivity contribution in [1.82, 2.24) is 24.8 Å². The topological polar surface area (TPSA) is 46.0 Å². The van der Waals surface area contributed by atoms with Gasteiger partial charge in [0.2, 0.25) is 0 Å². The van der Waals surface area contributed by atoms with Crippen LogP contribution in [0.5, 0.6) is 0 Å². The molecule has 0 amide bonds. The third-order valence-electron chi connectivity index (χ3n) is 6.33. The summed E-state index contributed by atoms with van der Waals surface area (Å²) in [5.41, 5.74) is 3.37. The Hall–Kier alpha value is -2.73. The van der Waals surface area contributed by atoms with Crippen LogP contribution in [0.4, 0.5) is 0 Å². The van der Waals surface area contributed by atoms with E-state index in [-0.39, 0.29) is 12.1 Å². The summed E-state index contributed by atoms with van der Waals surface area (Å²) in [4.78, 5) is 11.8. The molecular weight excluding hydrogens is 390 g/mol. The molecule has 1 N–H and O–H groups in total. The van der Waals surface area contributed by atoms with Crippen LogP contribution in [0, 0.1) is 6.92 Å². The molecule has 1 saturated carbocycles. The number of nitrogens with zero attached hydrogens (tertiary/aromatic N) is 4. The predicted molar refractivity (Wildman–Crippen MR) is 122 cm³/mol. The number of aryl methyl sites for hydroxylation is 1. The summed E-state index contributed by atoms with van der Waals surface area (Å²) in [5, 5.41) is 4.44. The van der Waals surface area contributed by atoms with Gasteiger partial charge < -0.3 is 14.8 Å². The van der Waals surface area contributed by atoms with E-state index in [9.17, 15) is 0 Å². The van der Waals surface area contributed by atoms with Crippen molar-refractivity contribution < 1.29 is 0 Å². The summed E-state index contributed by atoms with van der Waals surface area (Å²) >= 11 is 5.89. The van der Waals surface area contributed by atoms with E-state index in [0.29, 0.717) is 6.04 Å². The third kappa shape index (κ3) is 3.49. The lowest BCUT2D eigenvalue weighted by Crippen LogP contribution is -2.40. The van der Waals surface area contributed by atoms with Gasteiger partial charge in [-0.1, -0.05) is 31.4 Å². The summed E-state index contributed by atoms with van der Waals surface area (Å²) < 4.78 is 2.20. The summed E-state index contributed by atoms with van der Waals surface area (Å²) in [6, 6.07) is 15.2. The van der Waals surface area contributed by atoms with Gasteiger partial charge in [-0.05, 0) is 67.9 Å². The van der Waals surface area contributed by atoms with E-state index >= 15 is 0 Å². The summed E-state index contributed by atoms with van der Waals surface area (Å²) in [5.74, 6) is 0.932. The molecule has 154 valence electrons. The quantitative estimate of drug-likeness (QED) is 0.613. The zero-order valence-corrected chi connectivity index (χ0v) is 18.1. The maximum atomic E-state index is 5.89. The Morgan fingerprint density at radius 1 is 1.00 bits per heavy atom. The highest BCUT2D eigenvalue weighted by Crippen LogP contribution is 2.42. The van der Waals surface area contributed by atoms with Crippen LogP contribution in [-0.2, 0) is 0 Å². The van der Waals surface area contributed by atoms with Crippen LogP contribution in [0.2, 0.25) is 0 Å². The van der Waals surface area contributed by atoms with Crippen LogP contribution < -0.4 is 5.32 Å². The van der Waals surface area contributed by atoms with Gasteiger partial charge in [-0.25, -0.2) is 4.98 Å². The Balaban J connectivity index is 1.60. The smallest absolute Gasteiger partial charge is 0.170 e. The molecule has 0 bridgehead atoms. The van der Waals surface area contributed by atoms with Crippen LogP contribution in [-0.4, -0.2) is 30.6 Å². The van der Waals surface area contributed by atoms with E-state index < -0.39 is 0 Å². The largest absolute Gasteiger partial charge is 0.352 e. The lowest BCUT2D eigenvalue weighted by atomic mass is 9.92. The van der Waals surface area contributed by atoms with E-state index in [2.05, 4.69) is 68.2 Å². The predicted octanol–water partition coefficient (Wildman–Crippen LogP) is 4.88. The van der Waals surface area contributed by atoms with E-state index in [1.807, 2.05) is 24.5 Å². The molecule has 0 radical (unpaired) electrons. The van der Waals surface area contributed by atoms with Gasteiger partial charge in [0.05, 0.1) is 17.8 Å². The molecule has 5 nitrogen and oxygen atoms in total. The average molecular weight is 418 g/mol. The van der Waals surface area contributed by atoms with Gasteiger partial charge in [0.15, 0.2) is 5.11 Å². The standard InChI is InChI=1S/C24H27N5S/c1-17-12-13-21(26-16-17)28-15-7-11-20(28)23-22(19-10-5-6-14-25-19)27-24(30)29(23)18-8-3-2-4-9-18/h5-7,10-16,18,22-23H,2-4,8-9H2,1H3,(H,27,30)/t22-,23+/m1/s1. The lowest BCUT2D eigenvalue weighted by molar-refractivity contribution is 0.193. The number of hydrogen-bond donors (Lipinski definition) is 1. The van der Waals surface area contributed by atoms with E-state index in [1.54, 1.807) is 0 Å². The van der Waals surface area contributed by atoms with Crippen LogP contribution in [0.25, 0.3) is 5.82 Å². The number of aromatic nitrogens is 3. The highest BCUT2D eigenvalue weighted by molar-refractivity contribution is 7.80. The van der Waals surface area contributed by atoms with Crippen LogP contribution >= 0.6 is 12.2 Å². The fourth-order valence-corrected chi connectivity index (χ4v) is 5.27. The lowest BCUT2D eigenvalue weighted by Gasteiger charge is -2.37. The number of thiocarbonyl (C=S) groups is 1. The maximum Gasteiger partial charge on any atom is 0.170 e. The SMILES string of the molecule is Cc1ccc(-n2cccc2[C@H]2[C@@H](c3ccccn3)NC(=S)N2C2CCCCC2)nc1. The van der Waals surface area contributed by atoms with Crippen molar-refractivity contribution in [3.05, 3.63) is 78.0 Å². The van der Waals surface area contributed by atoms with Crippen molar-refractivity contribution in [2.24, 2.45) is 0 Å². The van der Waals surface area contributed by atoms with Gasteiger partial charge in [-0.3, -0.25) is 4.98 Å². The molecule has 5 rings (SSSR count). The Kier molecular flexibility index (Phi) is 5.25. The second kappa shape index (κ2) is 8.19. The molecule has 0 aromatic carbocycles. The zero-order chi connectivity index (χ0) is 20.5. The van der Waals surface area contributed by atoms with E-state index in [0.717, 1.165) is 22.2 Å². The van der Waals surface area contributed by atoms with Gasteiger partial charge in [-0.2, -0.15) is 0 Å². The zero-order valence-electron chi connectivity index (χ0n) is 17.2. The summed E-state index contributed by atoms with van der Waals surface area (Å²) in [6.45, 7) is 2.06. The van der Waals surface area contributed by atoms with Gasteiger partial charge in [0.25, 0.3) is 0 Å². The minimum atomic E-state index is 0.0136. The fourth-order valence-electron chi connectivity index (χ4n) is 4.88. The molecule has 2 fully saturated rings. The Morgan fingerprint density at radius 2 is 1.87 bits per heavy atom. The Bertz CT molecular complexity index is 1010. The highest BCUT2D eigenvalue weighted by atomic mass is 32.1. The summed E-state index contributed by atoms with van der Waals surface area (Å²) in [7, 11) is 0. The summed E-state index contributed by atoms with van der Waals surface area (Å²) in [6.07, 6.45) is 12.1. The van der Waals surface area contributed by atoms with Crippen molar-refractivity contribution in [2.75, 3.05) is 0 Å². The Labute approximate surface area is 183 Å². The van der Waals surface area contributed by atoms with Crippen LogP contribution in [0.1, 0.15) is 61.1 Å². The average Bonchev–Trinajstić information content (AvgIpc) is 3.40. The minimum Gasteiger partial charge on any atom is -0.352 e. The molecule has 2 aliphatic rings. The van der Waals surface area contributed by atoms with Gasteiger partial charge in [0.1, 0.15) is 5.82 Å². The first-order valence-corrected chi connectivity index (χ1v) is 11.2. The first-order valence-electron chi connectivity index (χ1n) is 10.8. The molecule has 1 saturated heterocycles. The number of pyridine rings is 2. The monoisotopic (exact) mass is 417 g/mol. The van der Waals surface area contributed by atoms with Crippen molar-refractivity contribution in [1.29, 1.82) is 0 Å². The molecule has 4 heterocycles. The molecular formula is C24H27N5S. The van der Waals surface area contributed by atoms with Crippen molar-refractivity contribution >= 4 is 17.3 Å². The molecule has 0 spiro atoms. The fraction of sp³-hybridized carbons (Fsp3) is 0.375. The number of hydrogen-bond acceptors (Lipinski definition) is 3. The van der Waals surface area contributed by atoms with E-state index in [4.69, 9.17) is 12.2 Å². The van der Waals surface area contributed by atoms with Gasteiger partial charge in [0, 0.05) is 30.3 Å². The minimum absolute atomic E-state index is 0.0136. The maximum absolute atomic E-state index is 5.89. The molecule has 0 unspecified atom stereocenters. The normalized spacial score (nSPS) is 22.3. The first kappa shape index (κ1) is 19.2. The van der Waals surface area contributed by atoms with Gasteiger partial charge in [-0.15, -0.1) is 0 Å². The molecule has 6 heteroatoms. The number of rotatable bonds is 4. The van der Waals surface area contributed by atoms with E-state index in [1.165, 1.54) is 37.8 Å². The Morgan fingerprint density at radius 3 is 2.60 bits per heavy atom. The molecule has 1 aliphatic carbocycles. The molecule has 3 aromatic rings. The van der Waals surface area contributed by atoms with Gasteiger partial charge >= 0.3 is 0 Å². The molecule has 1 aliphatic heterocycles. The second-order valence-electron chi connectivity index (χ2n) is 8.32. The number of nitrogens with one attached hydrogen (secondary N) is 1. The second-order valence-corrected chi connectivity index (χ2v) is 8.71. The molecule has 2 atom stereocenters. The third-order valence-corrected chi connectivity index (χ3v) is 6.66. The molecule has 3 aromatic heterocycles. The highest BCUT2D eigenvalue weighted by Gasteiger charge is 2.44. The van der Waals surface area contributed by atoms with Crippen molar-refractivity contribution in [3.8, 4) is 5.82 Å². The van der Waals surface area contributed by atoms with Crippen molar-refractivity contribution in [3.63, 3.8) is 0 Å². The van der Waals surface area contributed by atoms with Crippen LogP contribution in [0.15, 0.2) is 61.1 Å². The van der Waals surface area contributed by atoms with Crippen molar-refractivity contribution in [2.45, 2.75) is 57.2 Å². The first-order chi connectivity index (χ1) is 14.7. The molecule has 30 heavy (non-hydrogen) atoms. The van der Waals surface area contributed by atoms with Crippen LogP contribution in [0.3, 0.4) is 0 Å².